The Morgan fingerprint density at radius 1 is 1.69 bits per heavy atom. The van der Waals surface area contributed by atoms with Gasteiger partial charge in [0.25, 0.3) is 0 Å². The van der Waals surface area contributed by atoms with Crippen molar-refractivity contribution in [2.75, 3.05) is 18.5 Å². The van der Waals surface area contributed by atoms with Crippen LogP contribution in [0, 0.1) is 6.92 Å². The number of halogens is 1. The number of hydrogen-bond acceptors (Lipinski definition) is 2. The van der Waals surface area contributed by atoms with Gasteiger partial charge in [0.15, 0.2) is 0 Å². The fourth-order valence-corrected chi connectivity index (χ4v) is 1.85. The van der Waals surface area contributed by atoms with Crippen LogP contribution in [0.4, 0.5) is 5.82 Å². The highest BCUT2D eigenvalue weighted by Crippen LogP contribution is 2.23. The molecule has 70 valence electrons. The van der Waals surface area contributed by atoms with Gasteiger partial charge in [-0.3, -0.25) is 0 Å². The molecule has 1 aromatic heterocycles. The standard InChI is InChI=1S/C10H13BrN2/c1-4-5-13(3)10-9(11)6-8(2)7-12-10/h4,6-7H,1,5H2,2-3H3. The van der Waals surface area contributed by atoms with Crippen molar-refractivity contribution in [1.82, 2.24) is 4.98 Å². The average molecular weight is 241 g/mol. The number of aromatic nitrogens is 1. The molecular weight excluding hydrogens is 228 g/mol. The van der Waals surface area contributed by atoms with Crippen molar-refractivity contribution in [2.24, 2.45) is 0 Å². The monoisotopic (exact) mass is 240 g/mol. The second-order valence-corrected chi connectivity index (χ2v) is 3.84. The Morgan fingerprint density at radius 3 is 2.92 bits per heavy atom. The van der Waals surface area contributed by atoms with Gasteiger partial charge in [-0.05, 0) is 34.5 Å². The summed E-state index contributed by atoms with van der Waals surface area (Å²) < 4.78 is 1.02. The van der Waals surface area contributed by atoms with Crippen molar-refractivity contribution in [3.05, 3.63) is 35.0 Å². The first kappa shape index (κ1) is 10.3. The molecule has 0 N–H and O–H groups in total. The molecule has 0 aliphatic heterocycles. The second kappa shape index (κ2) is 4.42. The molecule has 0 saturated heterocycles. The predicted octanol–water partition coefficient (Wildman–Crippen LogP) is 2.77. The van der Waals surface area contributed by atoms with E-state index >= 15 is 0 Å². The van der Waals surface area contributed by atoms with Crippen molar-refractivity contribution in [2.45, 2.75) is 6.92 Å². The highest BCUT2D eigenvalue weighted by Gasteiger charge is 2.05. The van der Waals surface area contributed by atoms with Crippen LogP contribution in [0.25, 0.3) is 0 Å². The Kier molecular flexibility index (Phi) is 3.48. The van der Waals surface area contributed by atoms with Gasteiger partial charge in [-0.25, -0.2) is 4.98 Å². The normalized spacial score (nSPS) is 9.77. The number of hydrogen-bond donors (Lipinski definition) is 0. The molecule has 2 nitrogen and oxygen atoms in total. The van der Waals surface area contributed by atoms with Gasteiger partial charge in [0.05, 0.1) is 4.47 Å². The van der Waals surface area contributed by atoms with E-state index < -0.39 is 0 Å². The summed E-state index contributed by atoms with van der Waals surface area (Å²) in [5.74, 6) is 0.950. The van der Waals surface area contributed by atoms with Gasteiger partial charge in [-0.15, -0.1) is 6.58 Å². The molecule has 13 heavy (non-hydrogen) atoms. The third kappa shape index (κ3) is 2.56. The van der Waals surface area contributed by atoms with E-state index in [1.807, 2.05) is 31.1 Å². The Labute approximate surface area is 87.4 Å². The molecule has 0 amide bonds. The van der Waals surface area contributed by atoms with Crippen LogP contribution < -0.4 is 4.90 Å². The molecule has 0 aliphatic rings. The van der Waals surface area contributed by atoms with Crippen molar-refractivity contribution in [3.63, 3.8) is 0 Å². The maximum atomic E-state index is 4.33. The van der Waals surface area contributed by atoms with E-state index in [2.05, 4.69) is 33.6 Å². The molecule has 0 spiro atoms. The molecular formula is C10H13BrN2. The lowest BCUT2D eigenvalue weighted by atomic mass is 10.3. The van der Waals surface area contributed by atoms with E-state index in [0.29, 0.717) is 0 Å². The number of likely N-dealkylation sites (N-methyl/N-ethyl adjacent to an activating group) is 1. The van der Waals surface area contributed by atoms with Gasteiger partial charge in [0.2, 0.25) is 0 Å². The van der Waals surface area contributed by atoms with Crippen LogP contribution in [0.3, 0.4) is 0 Å². The maximum absolute atomic E-state index is 4.33. The minimum absolute atomic E-state index is 0.800. The summed E-state index contributed by atoms with van der Waals surface area (Å²) in [5.41, 5.74) is 1.16. The summed E-state index contributed by atoms with van der Waals surface area (Å²) in [4.78, 5) is 6.37. The summed E-state index contributed by atoms with van der Waals surface area (Å²) in [6, 6.07) is 2.06. The van der Waals surface area contributed by atoms with E-state index in [0.717, 1.165) is 22.4 Å². The zero-order valence-electron chi connectivity index (χ0n) is 7.92. The predicted molar refractivity (Wildman–Crippen MR) is 60.1 cm³/mol. The minimum Gasteiger partial charge on any atom is -0.355 e. The van der Waals surface area contributed by atoms with Crippen LogP contribution >= 0.6 is 15.9 Å². The van der Waals surface area contributed by atoms with Crippen molar-refractivity contribution >= 4 is 21.7 Å². The average Bonchev–Trinajstić information content (AvgIpc) is 2.04. The van der Waals surface area contributed by atoms with Gasteiger partial charge in [0.1, 0.15) is 5.82 Å². The fraction of sp³-hybridized carbons (Fsp3) is 0.300. The van der Waals surface area contributed by atoms with Gasteiger partial charge < -0.3 is 4.90 Å². The van der Waals surface area contributed by atoms with Crippen molar-refractivity contribution in [1.29, 1.82) is 0 Å². The first-order chi connectivity index (χ1) is 6.15. The van der Waals surface area contributed by atoms with Crippen LogP contribution in [0.5, 0.6) is 0 Å². The van der Waals surface area contributed by atoms with E-state index in [9.17, 15) is 0 Å². The van der Waals surface area contributed by atoms with Crippen LogP contribution in [0.2, 0.25) is 0 Å². The first-order valence-electron chi connectivity index (χ1n) is 4.09. The van der Waals surface area contributed by atoms with Crippen LogP contribution in [-0.2, 0) is 0 Å². The van der Waals surface area contributed by atoms with E-state index in [1.54, 1.807) is 0 Å². The topological polar surface area (TPSA) is 16.1 Å². The molecule has 1 heterocycles. The summed E-state index contributed by atoms with van der Waals surface area (Å²) >= 11 is 3.48. The molecule has 0 aromatic carbocycles. The van der Waals surface area contributed by atoms with Crippen LogP contribution in [-0.4, -0.2) is 18.6 Å². The summed E-state index contributed by atoms with van der Waals surface area (Å²) in [7, 11) is 1.99. The summed E-state index contributed by atoms with van der Waals surface area (Å²) in [6.45, 7) is 6.51. The highest BCUT2D eigenvalue weighted by molar-refractivity contribution is 9.10. The van der Waals surface area contributed by atoms with Crippen LogP contribution in [0.1, 0.15) is 5.56 Å². The molecule has 3 heteroatoms. The Bertz CT molecular complexity index is 310. The number of nitrogens with zero attached hydrogens (tertiary/aromatic N) is 2. The Balaban J connectivity index is 2.94. The number of rotatable bonds is 3. The molecule has 0 bridgehead atoms. The fourth-order valence-electron chi connectivity index (χ4n) is 1.09. The largest absolute Gasteiger partial charge is 0.355 e. The lowest BCUT2D eigenvalue weighted by Crippen LogP contribution is -2.18. The third-order valence-electron chi connectivity index (χ3n) is 1.72. The zero-order chi connectivity index (χ0) is 9.84. The van der Waals surface area contributed by atoms with E-state index in [4.69, 9.17) is 0 Å². The van der Waals surface area contributed by atoms with Gasteiger partial charge >= 0.3 is 0 Å². The first-order valence-corrected chi connectivity index (χ1v) is 4.88. The quantitative estimate of drug-likeness (QED) is 0.756. The Morgan fingerprint density at radius 2 is 2.38 bits per heavy atom. The van der Waals surface area contributed by atoms with E-state index in [-0.39, 0.29) is 0 Å². The smallest absolute Gasteiger partial charge is 0.142 e. The second-order valence-electron chi connectivity index (χ2n) is 2.99. The molecule has 1 rings (SSSR count). The number of anilines is 1. The molecule has 0 saturated carbocycles. The summed E-state index contributed by atoms with van der Waals surface area (Å²) in [6.07, 6.45) is 3.72. The summed E-state index contributed by atoms with van der Waals surface area (Å²) in [5, 5.41) is 0. The van der Waals surface area contributed by atoms with Crippen LogP contribution in [0.15, 0.2) is 29.4 Å². The van der Waals surface area contributed by atoms with Crippen molar-refractivity contribution < 1.29 is 0 Å². The number of aryl methyl sites for hydroxylation is 1. The van der Waals surface area contributed by atoms with Crippen molar-refractivity contribution in [3.8, 4) is 0 Å². The lowest BCUT2D eigenvalue weighted by Gasteiger charge is -2.17. The third-order valence-corrected chi connectivity index (χ3v) is 2.31. The minimum atomic E-state index is 0.800. The molecule has 1 aromatic rings. The molecule has 0 unspecified atom stereocenters. The highest BCUT2D eigenvalue weighted by atomic mass is 79.9. The molecule has 0 fully saturated rings. The Hall–Kier alpha value is -0.830. The van der Waals surface area contributed by atoms with Gasteiger partial charge in [-0.1, -0.05) is 6.08 Å². The van der Waals surface area contributed by atoms with Gasteiger partial charge in [-0.2, -0.15) is 0 Å². The zero-order valence-corrected chi connectivity index (χ0v) is 9.50. The molecule has 0 atom stereocenters. The molecule has 0 aliphatic carbocycles. The number of pyridine rings is 1. The SMILES string of the molecule is C=CCN(C)c1ncc(C)cc1Br. The molecule has 0 radical (unpaired) electrons. The van der Waals surface area contributed by atoms with E-state index in [1.165, 1.54) is 0 Å². The maximum Gasteiger partial charge on any atom is 0.142 e. The lowest BCUT2D eigenvalue weighted by molar-refractivity contribution is 0.982. The van der Waals surface area contributed by atoms with Gasteiger partial charge in [0, 0.05) is 19.8 Å².